The first-order valence-electron chi connectivity index (χ1n) is 5.93. The van der Waals surface area contributed by atoms with Crippen LogP contribution in [0.25, 0.3) is 0 Å². The van der Waals surface area contributed by atoms with Gasteiger partial charge in [0, 0.05) is 12.8 Å². The molecule has 1 rings (SSSR count). The Hall–Kier alpha value is -1.31. The average Bonchev–Trinajstić information content (AvgIpc) is 2.22. The number of rotatable bonds is 6. The number of hydrogen-bond acceptors (Lipinski definition) is 2. The summed E-state index contributed by atoms with van der Waals surface area (Å²) in [5.41, 5.74) is 2.32. The van der Waals surface area contributed by atoms with Crippen molar-refractivity contribution in [2.45, 2.75) is 46.0 Å². The van der Waals surface area contributed by atoms with Crippen LogP contribution in [0.2, 0.25) is 0 Å². The number of ketones is 1. The maximum absolute atomic E-state index is 11.3. The lowest BCUT2D eigenvalue weighted by atomic mass is 10.0. The van der Waals surface area contributed by atoms with Gasteiger partial charge in [0.1, 0.15) is 11.5 Å². The summed E-state index contributed by atoms with van der Waals surface area (Å²) in [6, 6.07) is 5.41. The van der Waals surface area contributed by atoms with Crippen molar-refractivity contribution in [1.82, 2.24) is 0 Å². The number of hydrogen-bond donors (Lipinski definition) is 1. The van der Waals surface area contributed by atoms with Gasteiger partial charge >= 0.3 is 0 Å². The average molecular weight is 220 g/mol. The quantitative estimate of drug-likeness (QED) is 0.797. The summed E-state index contributed by atoms with van der Waals surface area (Å²) >= 11 is 0. The van der Waals surface area contributed by atoms with Gasteiger partial charge in [-0.1, -0.05) is 13.0 Å². The van der Waals surface area contributed by atoms with E-state index in [0.29, 0.717) is 24.4 Å². The van der Waals surface area contributed by atoms with Gasteiger partial charge in [0.2, 0.25) is 0 Å². The maximum Gasteiger partial charge on any atom is 0.132 e. The highest BCUT2D eigenvalue weighted by Crippen LogP contribution is 2.17. The van der Waals surface area contributed by atoms with E-state index >= 15 is 0 Å². The summed E-state index contributed by atoms with van der Waals surface area (Å²) in [5.74, 6) is 0.669. The van der Waals surface area contributed by atoms with Gasteiger partial charge in [-0.3, -0.25) is 4.79 Å². The molecule has 0 atom stereocenters. The summed E-state index contributed by atoms with van der Waals surface area (Å²) in [7, 11) is 0. The molecule has 0 unspecified atom stereocenters. The molecule has 2 nitrogen and oxygen atoms in total. The minimum absolute atomic E-state index is 0.309. The zero-order chi connectivity index (χ0) is 12.0. The highest BCUT2D eigenvalue weighted by molar-refractivity contribution is 5.78. The Morgan fingerprint density at radius 1 is 1.31 bits per heavy atom. The Morgan fingerprint density at radius 2 is 2.06 bits per heavy atom. The minimum Gasteiger partial charge on any atom is -0.508 e. The Bertz CT molecular complexity index is 356. The molecule has 0 spiro atoms. The van der Waals surface area contributed by atoms with E-state index in [9.17, 15) is 9.90 Å². The standard InChI is InChI=1S/C14H20O2/c1-3-5-13(15)7-4-6-12-8-9-14(16)10-11(12)2/h8-10,16H,3-7H2,1-2H3. The van der Waals surface area contributed by atoms with Gasteiger partial charge in [0.05, 0.1) is 0 Å². The van der Waals surface area contributed by atoms with Crippen molar-refractivity contribution in [3.05, 3.63) is 29.3 Å². The fraction of sp³-hybridized carbons (Fsp3) is 0.500. The second-order valence-electron chi connectivity index (χ2n) is 4.25. The maximum atomic E-state index is 11.3. The third-order valence-corrected chi connectivity index (χ3v) is 2.76. The molecule has 1 aromatic rings. The number of aryl methyl sites for hydroxylation is 2. The highest BCUT2D eigenvalue weighted by Gasteiger charge is 2.03. The summed E-state index contributed by atoms with van der Waals surface area (Å²) in [4.78, 5) is 11.3. The molecule has 0 fully saturated rings. The van der Waals surface area contributed by atoms with Crippen molar-refractivity contribution in [3.8, 4) is 5.75 Å². The summed E-state index contributed by atoms with van der Waals surface area (Å²) in [6.07, 6.45) is 4.14. The van der Waals surface area contributed by atoms with E-state index in [1.54, 1.807) is 12.1 Å². The molecule has 0 aliphatic rings. The van der Waals surface area contributed by atoms with Crippen molar-refractivity contribution in [3.63, 3.8) is 0 Å². The first-order valence-corrected chi connectivity index (χ1v) is 5.93. The Kier molecular flexibility index (Phi) is 5.03. The Morgan fingerprint density at radius 3 is 2.69 bits per heavy atom. The number of phenols is 1. The third kappa shape index (κ3) is 4.05. The van der Waals surface area contributed by atoms with Crippen molar-refractivity contribution in [2.75, 3.05) is 0 Å². The lowest BCUT2D eigenvalue weighted by Crippen LogP contribution is -1.98. The van der Waals surface area contributed by atoms with Crippen LogP contribution in [-0.4, -0.2) is 10.9 Å². The molecule has 2 heteroatoms. The van der Waals surface area contributed by atoms with Crippen LogP contribution in [0, 0.1) is 6.92 Å². The fourth-order valence-corrected chi connectivity index (χ4v) is 1.84. The van der Waals surface area contributed by atoms with E-state index in [1.807, 2.05) is 19.9 Å². The predicted octanol–water partition coefficient (Wildman–Crippen LogP) is 3.39. The number of carbonyl (C=O) groups is 1. The Labute approximate surface area is 97.3 Å². The van der Waals surface area contributed by atoms with E-state index in [2.05, 4.69) is 0 Å². The molecule has 0 radical (unpaired) electrons. The number of benzene rings is 1. The van der Waals surface area contributed by atoms with Crippen molar-refractivity contribution < 1.29 is 9.90 Å². The molecule has 0 aliphatic heterocycles. The van der Waals surface area contributed by atoms with Gasteiger partial charge in [0.25, 0.3) is 0 Å². The van der Waals surface area contributed by atoms with Crippen molar-refractivity contribution in [1.29, 1.82) is 0 Å². The molecule has 0 heterocycles. The molecule has 0 amide bonds. The zero-order valence-electron chi connectivity index (χ0n) is 10.1. The lowest BCUT2D eigenvalue weighted by Gasteiger charge is -2.05. The van der Waals surface area contributed by atoms with Crippen LogP contribution < -0.4 is 0 Å². The second-order valence-corrected chi connectivity index (χ2v) is 4.25. The van der Waals surface area contributed by atoms with Crippen LogP contribution in [0.5, 0.6) is 5.75 Å². The lowest BCUT2D eigenvalue weighted by molar-refractivity contribution is -0.119. The summed E-state index contributed by atoms with van der Waals surface area (Å²) in [5, 5.41) is 9.27. The molecular formula is C14H20O2. The van der Waals surface area contributed by atoms with Crippen LogP contribution in [0.1, 0.15) is 43.7 Å². The SMILES string of the molecule is CCCC(=O)CCCc1ccc(O)cc1C. The first-order chi connectivity index (χ1) is 7.63. The van der Waals surface area contributed by atoms with E-state index in [0.717, 1.165) is 24.8 Å². The van der Waals surface area contributed by atoms with Crippen molar-refractivity contribution >= 4 is 5.78 Å². The number of phenolic OH excluding ortho intramolecular Hbond substituents is 1. The predicted molar refractivity (Wildman–Crippen MR) is 65.7 cm³/mol. The normalized spacial score (nSPS) is 10.4. The Balaban J connectivity index is 2.40. The van der Waals surface area contributed by atoms with Gasteiger partial charge in [-0.15, -0.1) is 0 Å². The second kappa shape index (κ2) is 6.31. The van der Waals surface area contributed by atoms with Crippen molar-refractivity contribution in [2.24, 2.45) is 0 Å². The van der Waals surface area contributed by atoms with E-state index in [4.69, 9.17) is 0 Å². The molecular weight excluding hydrogens is 200 g/mol. The van der Waals surface area contributed by atoms with Gasteiger partial charge in [-0.05, 0) is 49.4 Å². The molecule has 0 saturated carbocycles. The monoisotopic (exact) mass is 220 g/mol. The summed E-state index contributed by atoms with van der Waals surface area (Å²) in [6.45, 7) is 4.02. The molecule has 16 heavy (non-hydrogen) atoms. The van der Waals surface area contributed by atoms with Crippen LogP contribution in [0.3, 0.4) is 0 Å². The van der Waals surface area contributed by atoms with Crippen LogP contribution in [0.15, 0.2) is 18.2 Å². The topological polar surface area (TPSA) is 37.3 Å². The number of Topliss-reactive ketones (excluding diaryl/α,β-unsaturated/α-hetero) is 1. The van der Waals surface area contributed by atoms with Gasteiger partial charge in [0.15, 0.2) is 0 Å². The van der Waals surface area contributed by atoms with Gasteiger partial charge in [-0.2, -0.15) is 0 Å². The molecule has 0 bridgehead atoms. The molecule has 1 N–H and O–H groups in total. The van der Waals surface area contributed by atoms with Gasteiger partial charge < -0.3 is 5.11 Å². The molecule has 88 valence electrons. The van der Waals surface area contributed by atoms with Gasteiger partial charge in [-0.25, -0.2) is 0 Å². The molecule has 0 saturated heterocycles. The first kappa shape index (κ1) is 12.8. The van der Waals surface area contributed by atoms with Crippen LogP contribution >= 0.6 is 0 Å². The smallest absolute Gasteiger partial charge is 0.132 e. The van der Waals surface area contributed by atoms with E-state index in [-0.39, 0.29) is 0 Å². The minimum atomic E-state index is 0.309. The third-order valence-electron chi connectivity index (χ3n) is 2.76. The largest absolute Gasteiger partial charge is 0.508 e. The number of aromatic hydroxyl groups is 1. The highest BCUT2D eigenvalue weighted by atomic mass is 16.3. The molecule has 0 aromatic heterocycles. The fourth-order valence-electron chi connectivity index (χ4n) is 1.84. The van der Waals surface area contributed by atoms with Crippen LogP contribution in [-0.2, 0) is 11.2 Å². The van der Waals surface area contributed by atoms with Crippen LogP contribution in [0.4, 0.5) is 0 Å². The zero-order valence-corrected chi connectivity index (χ0v) is 10.1. The van der Waals surface area contributed by atoms with E-state index < -0.39 is 0 Å². The van der Waals surface area contributed by atoms with E-state index in [1.165, 1.54) is 5.56 Å². The number of carbonyl (C=O) groups excluding carboxylic acids is 1. The molecule has 1 aromatic carbocycles. The molecule has 0 aliphatic carbocycles. The summed E-state index contributed by atoms with van der Waals surface area (Å²) < 4.78 is 0.